The van der Waals surface area contributed by atoms with Crippen LogP contribution >= 0.6 is 50.7 Å². The molecule has 0 unspecified atom stereocenters. The van der Waals surface area contributed by atoms with Gasteiger partial charge in [-0.25, -0.2) is 0 Å². The molecule has 40 heavy (non-hydrogen) atoms. The van der Waals surface area contributed by atoms with Crippen LogP contribution in [0.1, 0.15) is 20.8 Å². The number of aliphatic hydroxyl groups excluding tert-OH is 2. The van der Waals surface area contributed by atoms with E-state index in [4.69, 9.17) is 69.0 Å². The molecular formula is C21H28BrCl3N2O13. The molecule has 5 N–H and O–H groups in total. The Labute approximate surface area is 251 Å². The van der Waals surface area contributed by atoms with Crippen molar-refractivity contribution in [1.29, 1.82) is 0 Å². The maximum Gasteiger partial charge on any atom is 0.303 e. The summed E-state index contributed by atoms with van der Waals surface area (Å²) in [7, 11) is 0. The lowest BCUT2D eigenvalue weighted by molar-refractivity contribution is -0.318. The highest BCUT2D eigenvalue weighted by Crippen LogP contribution is 2.34. The molecule has 0 bridgehead atoms. The summed E-state index contributed by atoms with van der Waals surface area (Å²) >= 11 is 20.3. The van der Waals surface area contributed by atoms with Crippen molar-refractivity contribution in [1.82, 2.24) is 5.32 Å². The smallest absolute Gasteiger partial charge is 0.303 e. The Morgan fingerprint density at radius 1 is 0.900 bits per heavy atom. The molecule has 0 aliphatic carbocycles. The molecule has 0 aromatic rings. The van der Waals surface area contributed by atoms with Crippen molar-refractivity contribution in [3.05, 3.63) is 0 Å². The number of nitrogens with one attached hydrogen (secondary N) is 1. The van der Waals surface area contributed by atoms with Gasteiger partial charge in [0.15, 0.2) is 24.6 Å². The molecule has 2 fully saturated rings. The van der Waals surface area contributed by atoms with E-state index in [1.807, 2.05) is 0 Å². The van der Waals surface area contributed by atoms with Crippen LogP contribution in [0, 0.1) is 0 Å². The average Bonchev–Trinajstić information content (AvgIpc) is 2.82. The quantitative estimate of drug-likeness (QED) is 0.126. The zero-order chi connectivity index (χ0) is 30.5. The number of carbonyl (C=O) groups excluding carboxylic acids is 5. The van der Waals surface area contributed by atoms with Crippen molar-refractivity contribution in [2.24, 2.45) is 5.73 Å². The number of alkyl halides is 4. The molecule has 2 aliphatic rings. The van der Waals surface area contributed by atoms with E-state index in [9.17, 15) is 34.2 Å². The highest BCUT2D eigenvalue weighted by molar-refractivity contribution is 9.09. The second kappa shape index (κ2) is 14.6. The summed E-state index contributed by atoms with van der Waals surface area (Å²) in [4.78, 5) is 59.9. The third-order valence-corrected chi connectivity index (χ3v) is 6.82. The molecule has 0 spiro atoms. The van der Waals surface area contributed by atoms with Crippen molar-refractivity contribution in [2.45, 2.75) is 85.7 Å². The van der Waals surface area contributed by atoms with Crippen LogP contribution < -0.4 is 11.1 Å². The second-order valence-electron chi connectivity index (χ2n) is 8.72. The number of amides is 2. The Kier molecular flexibility index (Phi) is 12.7. The van der Waals surface area contributed by atoms with Crippen molar-refractivity contribution >= 4 is 80.5 Å². The number of carbonyl (C=O) groups is 5. The SMILES string of the molecule is CC(=O)OC[C@H]1O[C@@H](O[C@@H]2[C@@H](O)[C@@H](O)[C@@H](C(N)=O)O[C@@H]2CBr)[C@H](NC(=O)C(Cl)(Cl)Cl)[C@@H](OC(C)=O)[C@@H]1OC(C)=O. The zero-order valence-electron chi connectivity index (χ0n) is 21.2. The van der Waals surface area contributed by atoms with E-state index in [1.165, 1.54) is 0 Å². The van der Waals surface area contributed by atoms with Crippen LogP contribution in [0.25, 0.3) is 0 Å². The summed E-state index contributed by atoms with van der Waals surface area (Å²) in [6, 6.07) is -1.60. The molecule has 2 heterocycles. The van der Waals surface area contributed by atoms with Crippen molar-refractivity contribution in [3.63, 3.8) is 0 Å². The van der Waals surface area contributed by atoms with Crippen LogP contribution in [0.3, 0.4) is 0 Å². The van der Waals surface area contributed by atoms with Gasteiger partial charge in [-0.3, -0.25) is 24.0 Å². The lowest BCUT2D eigenvalue weighted by Crippen LogP contribution is -2.69. The third kappa shape index (κ3) is 9.00. The molecule has 2 aliphatic heterocycles. The predicted molar refractivity (Wildman–Crippen MR) is 137 cm³/mol. The molecule has 15 nitrogen and oxygen atoms in total. The number of hydrogen-bond acceptors (Lipinski definition) is 13. The normalized spacial score (nSPS) is 34.3. The molecular weight excluding hydrogens is 674 g/mol. The van der Waals surface area contributed by atoms with E-state index in [-0.39, 0.29) is 5.33 Å². The lowest BCUT2D eigenvalue weighted by Gasteiger charge is -2.48. The number of ether oxygens (including phenoxy) is 6. The first-order chi connectivity index (χ1) is 18.5. The number of rotatable bonds is 9. The van der Waals surface area contributed by atoms with Gasteiger partial charge < -0.3 is 49.7 Å². The minimum absolute atomic E-state index is 0.0521. The second-order valence-corrected chi connectivity index (χ2v) is 11.7. The molecule has 2 saturated heterocycles. The van der Waals surface area contributed by atoms with Gasteiger partial charge in [-0.15, -0.1) is 0 Å². The van der Waals surface area contributed by atoms with E-state index >= 15 is 0 Å². The highest BCUT2D eigenvalue weighted by atomic mass is 79.9. The summed E-state index contributed by atoms with van der Waals surface area (Å²) in [6.45, 7) is 2.61. The first-order valence-electron chi connectivity index (χ1n) is 11.5. The fourth-order valence-electron chi connectivity index (χ4n) is 4.03. The first kappa shape index (κ1) is 34.7. The monoisotopic (exact) mass is 700 g/mol. The average molecular weight is 703 g/mol. The van der Waals surface area contributed by atoms with Gasteiger partial charge in [-0.2, -0.15) is 0 Å². The summed E-state index contributed by atoms with van der Waals surface area (Å²) in [5.74, 6) is -4.79. The van der Waals surface area contributed by atoms with E-state index in [0.29, 0.717) is 0 Å². The third-order valence-electron chi connectivity index (χ3n) is 5.66. The van der Waals surface area contributed by atoms with Crippen molar-refractivity contribution < 1.29 is 62.6 Å². The topological polar surface area (TPSA) is 219 Å². The first-order valence-corrected chi connectivity index (χ1v) is 13.8. The molecule has 2 amide bonds. The maximum atomic E-state index is 12.7. The van der Waals surface area contributed by atoms with E-state index in [2.05, 4.69) is 21.2 Å². The van der Waals surface area contributed by atoms with Gasteiger partial charge in [0, 0.05) is 26.1 Å². The lowest BCUT2D eigenvalue weighted by atomic mass is 9.93. The number of halogens is 4. The van der Waals surface area contributed by atoms with Gasteiger partial charge in [0.25, 0.3) is 9.70 Å². The van der Waals surface area contributed by atoms with E-state index in [0.717, 1.165) is 20.8 Å². The molecule has 0 radical (unpaired) electrons. The molecule has 2 rings (SSSR count). The Balaban J connectivity index is 2.57. The summed E-state index contributed by atoms with van der Waals surface area (Å²) in [5, 5.41) is 23.5. The number of hydrogen-bond donors (Lipinski definition) is 4. The summed E-state index contributed by atoms with van der Waals surface area (Å²) in [6.07, 6.45) is -14.0. The molecule has 228 valence electrons. The number of esters is 3. The van der Waals surface area contributed by atoms with Gasteiger partial charge in [-0.05, 0) is 0 Å². The van der Waals surface area contributed by atoms with Crippen LogP contribution in [-0.2, 0) is 52.4 Å². The standard InChI is InChI=1S/C21H28BrCl3N2O13/c1-6(28)35-5-10-15(36-7(2)29)16(37-8(3)30)11(27-20(34)21(23,24)25)19(39-10)40-14-9(4-22)38-17(18(26)33)13(32)12(14)31/h9-17,19,31-32H,4-5H2,1-3H3,(H2,26,33)(H,27,34)/t9-,10-,11-,12+,13-,14+,15-,16-,17+,19+/m1/s1. The van der Waals surface area contributed by atoms with Gasteiger partial charge in [0.2, 0.25) is 5.91 Å². The van der Waals surface area contributed by atoms with Crippen LogP contribution in [0.4, 0.5) is 0 Å². The zero-order valence-corrected chi connectivity index (χ0v) is 25.0. The molecule has 0 aromatic heterocycles. The minimum Gasteiger partial charge on any atom is -0.463 e. The predicted octanol–water partition coefficient (Wildman–Crippen LogP) is -1.25. The number of aliphatic hydroxyl groups is 2. The summed E-state index contributed by atoms with van der Waals surface area (Å²) in [5.41, 5.74) is 5.25. The molecule has 10 atom stereocenters. The molecule has 0 aromatic carbocycles. The Hall–Kier alpha value is -1.50. The highest BCUT2D eigenvalue weighted by Gasteiger charge is 2.55. The van der Waals surface area contributed by atoms with Crippen molar-refractivity contribution in [2.75, 3.05) is 11.9 Å². The van der Waals surface area contributed by atoms with E-state index in [1.54, 1.807) is 0 Å². The number of nitrogens with two attached hydrogens (primary N) is 1. The minimum atomic E-state index is -2.53. The summed E-state index contributed by atoms with van der Waals surface area (Å²) < 4.78 is 30.4. The molecule has 0 saturated carbocycles. The van der Waals surface area contributed by atoms with Gasteiger partial charge in [-0.1, -0.05) is 50.7 Å². The van der Waals surface area contributed by atoms with Gasteiger partial charge >= 0.3 is 17.9 Å². The Bertz CT molecular complexity index is 969. The van der Waals surface area contributed by atoms with E-state index < -0.39 is 101 Å². The fraction of sp³-hybridized carbons (Fsp3) is 0.762. The Morgan fingerprint density at radius 3 is 1.95 bits per heavy atom. The fourth-order valence-corrected chi connectivity index (χ4v) is 4.71. The largest absolute Gasteiger partial charge is 0.463 e. The van der Waals surface area contributed by atoms with Crippen LogP contribution in [-0.4, -0.2) is 117 Å². The van der Waals surface area contributed by atoms with Crippen LogP contribution in [0.15, 0.2) is 0 Å². The Morgan fingerprint density at radius 2 is 1.48 bits per heavy atom. The maximum absolute atomic E-state index is 12.7. The molecule has 19 heteroatoms. The van der Waals surface area contributed by atoms with Gasteiger partial charge in [0.05, 0.1) is 6.10 Å². The van der Waals surface area contributed by atoms with Crippen LogP contribution in [0.2, 0.25) is 0 Å². The van der Waals surface area contributed by atoms with Crippen LogP contribution in [0.5, 0.6) is 0 Å². The van der Waals surface area contributed by atoms with Gasteiger partial charge in [0.1, 0.15) is 37.1 Å². The number of primary amides is 1. The van der Waals surface area contributed by atoms with Crippen molar-refractivity contribution in [3.8, 4) is 0 Å².